The summed E-state index contributed by atoms with van der Waals surface area (Å²) in [6.07, 6.45) is -1.06. The van der Waals surface area contributed by atoms with Crippen molar-refractivity contribution in [1.82, 2.24) is 4.31 Å². The van der Waals surface area contributed by atoms with Crippen molar-refractivity contribution in [2.75, 3.05) is 25.4 Å². The van der Waals surface area contributed by atoms with Crippen LogP contribution in [-0.4, -0.2) is 49.7 Å². The van der Waals surface area contributed by atoms with E-state index in [1.54, 1.807) is 6.92 Å². The van der Waals surface area contributed by atoms with Gasteiger partial charge in [-0.1, -0.05) is 11.6 Å². The van der Waals surface area contributed by atoms with Crippen LogP contribution >= 0.6 is 11.6 Å². The number of benzene rings is 1. The summed E-state index contributed by atoms with van der Waals surface area (Å²) in [6, 6.07) is 2.18. The van der Waals surface area contributed by atoms with Crippen LogP contribution < -0.4 is 5.73 Å². The van der Waals surface area contributed by atoms with E-state index in [1.165, 1.54) is 0 Å². The predicted octanol–water partition coefficient (Wildman–Crippen LogP) is 0.832. The van der Waals surface area contributed by atoms with Crippen LogP contribution in [0, 0.1) is 5.82 Å². The fraction of sp³-hybridized carbons (Fsp3) is 0.500. The number of nitrogens with two attached hydrogens (primary N) is 1. The number of ether oxygens (including phenoxy) is 1. The lowest BCUT2D eigenvalue weighted by atomic mass is 10.2. The second-order valence-corrected chi connectivity index (χ2v) is 7.20. The van der Waals surface area contributed by atoms with E-state index >= 15 is 0 Å². The first-order valence-electron chi connectivity index (χ1n) is 6.26. The van der Waals surface area contributed by atoms with Crippen LogP contribution in [0.25, 0.3) is 0 Å². The van der Waals surface area contributed by atoms with Gasteiger partial charge in [-0.15, -0.1) is 0 Å². The average molecular weight is 339 g/mol. The van der Waals surface area contributed by atoms with Gasteiger partial charge in [0.1, 0.15) is 4.90 Å². The van der Waals surface area contributed by atoms with Crippen molar-refractivity contribution >= 4 is 27.3 Å². The number of halogens is 2. The molecule has 2 rings (SSSR count). The summed E-state index contributed by atoms with van der Waals surface area (Å²) >= 11 is 5.65. The molecule has 21 heavy (non-hydrogen) atoms. The second kappa shape index (κ2) is 6.05. The smallest absolute Gasteiger partial charge is 0.246 e. The van der Waals surface area contributed by atoms with E-state index in [1.807, 2.05) is 0 Å². The van der Waals surface area contributed by atoms with E-state index in [2.05, 4.69) is 0 Å². The molecule has 1 heterocycles. The van der Waals surface area contributed by atoms with Crippen LogP contribution in [0.15, 0.2) is 17.0 Å². The van der Waals surface area contributed by atoms with E-state index in [0.717, 1.165) is 16.4 Å². The standard InChI is InChI=1S/C12H16ClFN2O4S/c1-7-4-16(5-9(6-17)20-7)21(18,19)11-3-8(15)2-10(13)12(11)14/h2-3,7,9,17H,4-6,15H2,1H3. The number of anilines is 1. The highest BCUT2D eigenvalue weighted by atomic mass is 35.5. The Hall–Kier alpha value is -0.930. The van der Waals surface area contributed by atoms with Gasteiger partial charge >= 0.3 is 0 Å². The highest BCUT2D eigenvalue weighted by Crippen LogP contribution is 2.29. The number of morpholine rings is 1. The topological polar surface area (TPSA) is 92.9 Å². The van der Waals surface area contributed by atoms with Crippen LogP contribution in [0.3, 0.4) is 0 Å². The summed E-state index contributed by atoms with van der Waals surface area (Å²) in [5.74, 6) is -1.04. The maximum Gasteiger partial charge on any atom is 0.246 e. The maximum absolute atomic E-state index is 14.0. The van der Waals surface area contributed by atoms with Crippen LogP contribution in [0.1, 0.15) is 6.92 Å². The third-order valence-electron chi connectivity index (χ3n) is 3.13. The minimum Gasteiger partial charge on any atom is -0.399 e. The molecule has 9 heteroatoms. The molecule has 2 unspecified atom stereocenters. The third kappa shape index (κ3) is 3.29. The van der Waals surface area contributed by atoms with Crippen LogP contribution in [0.5, 0.6) is 0 Å². The highest BCUT2D eigenvalue weighted by molar-refractivity contribution is 7.89. The van der Waals surface area contributed by atoms with E-state index in [4.69, 9.17) is 27.2 Å². The molecule has 1 aromatic carbocycles. The molecular weight excluding hydrogens is 323 g/mol. The minimum absolute atomic E-state index is 0.0555. The van der Waals surface area contributed by atoms with Gasteiger partial charge < -0.3 is 15.6 Å². The fourth-order valence-electron chi connectivity index (χ4n) is 2.21. The second-order valence-electron chi connectivity index (χ2n) is 4.89. The van der Waals surface area contributed by atoms with Crippen molar-refractivity contribution in [2.24, 2.45) is 0 Å². The van der Waals surface area contributed by atoms with Crippen molar-refractivity contribution in [1.29, 1.82) is 0 Å². The lowest BCUT2D eigenvalue weighted by Gasteiger charge is -2.35. The first kappa shape index (κ1) is 16.4. The summed E-state index contributed by atoms with van der Waals surface area (Å²) in [7, 11) is -4.11. The SMILES string of the molecule is CC1CN(S(=O)(=O)c2cc(N)cc(Cl)c2F)CC(CO)O1. The van der Waals surface area contributed by atoms with E-state index in [-0.39, 0.29) is 30.4 Å². The first-order chi connectivity index (χ1) is 9.75. The van der Waals surface area contributed by atoms with E-state index in [9.17, 15) is 12.8 Å². The van der Waals surface area contributed by atoms with Gasteiger partial charge in [-0.2, -0.15) is 4.31 Å². The molecule has 1 aliphatic rings. The highest BCUT2D eigenvalue weighted by Gasteiger charge is 2.35. The van der Waals surface area contributed by atoms with Crippen molar-refractivity contribution in [2.45, 2.75) is 24.0 Å². The number of aliphatic hydroxyl groups excluding tert-OH is 1. The number of hydrogen-bond donors (Lipinski definition) is 2. The molecule has 0 saturated carbocycles. The Morgan fingerprint density at radius 1 is 1.52 bits per heavy atom. The number of hydrogen-bond acceptors (Lipinski definition) is 5. The van der Waals surface area contributed by atoms with Gasteiger partial charge in [0.15, 0.2) is 5.82 Å². The molecule has 3 N–H and O–H groups in total. The summed E-state index contributed by atoms with van der Waals surface area (Å²) < 4.78 is 45.6. The normalized spacial score (nSPS) is 24.2. The average Bonchev–Trinajstić information content (AvgIpc) is 2.41. The van der Waals surface area contributed by atoms with Crippen molar-refractivity contribution in [3.63, 3.8) is 0 Å². The lowest BCUT2D eigenvalue weighted by Crippen LogP contribution is -2.50. The molecule has 0 bridgehead atoms. The monoisotopic (exact) mass is 338 g/mol. The Balaban J connectivity index is 2.42. The molecular formula is C12H16ClFN2O4S. The van der Waals surface area contributed by atoms with Gasteiger partial charge in [-0.3, -0.25) is 0 Å². The van der Waals surface area contributed by atoms with Crippen LogP contribution in [0.2, 0.25) is 5.02 Å². The number of nitrogens with zero attached hydrogens (tertiary/aromatic N) is 1. The number of nitrogen functional groups attached to an aromatic ring is 1. The van der Waals surface area contributed by atoms with Gasteiger partial charge in [-0.05, 0) is 19.1 Å². The van der Waals surface area contributed by atoms with E-state index in [0.29, 0.717) is 0 Å². The Morgan fingerprint density at radius 3 is 2.81 bits per heavy atom. The molecule has 1 aliphatic heterocycles. The van der Waals surface area contributed by atoms with Gasteiger partial charge in [0.05, 0.1) is 23.8 Å². The zero-order chi connectivity index (χ0) is 15.8. The third-order valence-corrected chi connectivity index (χ3v) is 5.24. The van der Waals surface area contributed by atoms with Gasteiger partial charge in [0, 0.05) is 18.8 Å². The Labute approximate surface area is 127 Å². The summed E-state index contributed by atoms with van der Waals surface area (Å²) in [4.78, 5) is -0.571. The maximum atomic E-state index is 14.0. The molecule has 2 atom stereocenters. The Kier molecular flexibility index (Phi) is 4.74. The molecule has 0 spiro atoms. The molecule has 6 nitrogen and oxygen atoms in total. The van der Waals surface area contributed by atoms with Crippen LogP contribution in [0.4, 0.5) is 10.1 Å². The first-order valence-corrected chi connectivity index (χ1v) is 8.08. The van der Waals surface area contributed by atoms with Crippen molar-refractivity contribution in [3.8, 4) is 0 Å². The van der Waals surface area contributed by atoms with Crippen molar-refractivity contribution in [3.05, 3.63) is 23.0 Å². The Bertz CT molecular complexity index is 640. The molecule has 1 fully saturated rings. The van der Waals surface area contributed by atoms with Gasteiger partial charge in [0.2, 0.25) is 10.0 Å². The zero-order valence-electron chi connectivity index (χ0n) is 11.3. The molecule has 0 radical (unpaired) electrons. The van der Waals surface area contributed by atoms with Gasteiger partial charge in [-0.25, -0.2) is 12.8 Å². The van der Waals surface area contributed by atoms with E-state index < -0.39 is 32.9 Å². The summed E-state index contributed by atoms with van der Waals surface area (Å²) in [6.45, 7) is 1.35. The van der Waals surface area contributed by atoms with Crippen molar-refractivity contribution < 1.29 is 22.7 Å². The molecule has 0 aliphatic carbocycles. The number of rotatable bonds is 3. The van der Waals surface area contributed by atoms with Gasteiger partial charge in [0.25, 0.3) is 0 Å². The molecule has 1 aromatic rings. The largest absolute Gasteiger partial charge is 0.399 e. The number of aliphatic hydroxyl groups is 1. The minimum atomic E-state index is -4.11. The zero-order valence-corrected chi connectivity index (χ0v) is 12.9. The quantitative estimate of drug-likeness (QED) is 0.796. The molecule has 0 amide bonds. The summed E-state index contributed by atoms with van der Waals surface area (Å²) in [5, 5.41) is 8.79. The molecule has 118 valence electrons. The predicted molar refractivity (Wildman–Crippen MR) is 76.0 cm³/mol. The molecule has 0 aromatic heterocycles. The Morgan fingerprint density at radius 2 is 2.19 bits per heavy atom. The van der Waals surface area contributed by atoms with Crippen LogP contribution in [-0.2, 0) is 14.8 Å². The summed E-state index contributed by atoms with van der Waals surface area (Å²) in [5.41, 5.74) is 5.59. The lowest BCUT2D eigenvalue weighted by molar-refractivity contribution is -0.0750. The molecule has 1 saturated heterocycles. The fourth-order valence-corrected chi connectivity index (χ4v) is 4.16. The number of sulfonamides is 1.